The van der Waals surface area contributed by atoms with E-state index in [4.69, 9.17) is 18.8 Å². The van der Waals surface area contributed by atoms with E-state index in [9.17, 15) is 0 Å². The highest BCUT2D eigenvalue weighted by Crippen LogP contribution is 2.42. The Hall–Kier alpha value is -4.74. The monoisotopic (exact) mass is 640 g/mol. The highest BCUT2D eigenvalue weighted by Gasteiger charge is 2.17. The summed E-state index contributed by atoms with van der Waals surface area (Å²) >= 11 is 6.72. The molecule has 6 aromatic heterocycles. The Morgan fingerprint density at radius 3 is 1.34 bits per heavy atom. The predicted octanol–water partition coefficient (Wildman–Crippen LogP) is 11.1. The van der Waals surface area contributed by atoms with E-state index in [2.05, 4.69) is 58.5 Å². The first-order chi connectivity index (χ1) is 21.7. The lowest BCUT2D eigenvalue weighted by Crippen LogP contribution is -1.76. The standard InChI is InChI=1S/C34H16N4O2S4/c1-3-7-23-19(5-1)35-31(39-23)25-9-11-27(41-25)33-37-21-13-17-16-30-22(14-18(17)15-29(21)43-33)38-34(44-30)28-12-10-26(42-28)32-36-20-6-2-4-8-24(20)40-32/h1-16H. The minimum absolute atomic E-state index is 0.645. The highest BCUT2D eigenvalue weighted by molar-refractivity contribution is 7.27. The number of hydrogen-bond donors (Lipinski definition) is 0. The van der Waals surface area contributed by atoms with Crippen molar-refractivity contribution in [3.05, 3.63) is 97.1 Å². The van der Waals surface area contributed by atoms with E-state index in [0.717, 1.165) is 82.9 Å². The van der Waals surface area contributed by atoms with Crippen LogP contribution in [0.5, 0.6) is 0 Å². The quantitative estimate of drug-likeness (QED) is 0.190. The number of fused-ring (bicyclic) bond motifs is 5. The summed E-state index contributed by atoms with van der Waals surface area (Å²) in [5.41, 5.74) is 5.33. The first kappa shape index (κ1) is 24.7. The molecule has 0 atom stereocenters. The summed E-state index contributed by atoms with van der Waals surface area (Å²) in [5, 5.41) is 4.32. The number of aromatic nitrogens is 4. The van der Waals surface area contributed by atoms with Gasteiger partial charge in [0.05, 0.1) is 39.9 Å². The fraction of sp³-hybridized carbons (Fsp3) is 0. The molecule has 0 aliphatic carbocycles. The molecular formula is C34H16N4O2S4. The second kappa shape index (κ2) is 9.38. The summed E-state index contributed by atoms with van der Waals surface area (Å²) in [7, 11) is 0. The van der Waals surface area contributed by atoms with Gasteiger partial charge in [0.1, 0.15) is 21.0 Å². The van der Waals surface area contributed by atoms with Crippen molar-refractivity contribution in [1.29, 1.82) is 0 Å². The SMILES string of the molecule is c1ccc2oc(-c3ccc(-c4nc5cc6cc7sc(-c8ccc(-c9nc%10ccccc%10o9)s8)nc7cc6cc5s4)s3)nc2c1. The van der Waals surface area contributed by atoms with Crippen LogP contribution in [0, 0.1) is 0 Å². The van der Waals surface area contributed by atoms with Gasteiger partial charge in [-0.1, -0.05) is 24.3 Å². The first-order valence-corrected chi connectivity index (χ1v) is 17.0. The number of thiophene rings is 2. The zero-order valence-corrected chi connectivity index (χ0v) is 25.7. The van der Waals surface area contributed by atoms with Crippen LogP contribution in [-0.4, -0.2) is 19.9 Å². The number of para-hydroxylation sites is 4. The van der Waals surface area contributed by atoms with E-state index >= 15 is 0 Å². The maximum atomic E-state index is 5.98. The van der Waals surface area contributed by atoms with Crippen LogP contribution in [0.1, 0.15) is 0 Å². The van der Waals surface area contributed by atoms with Crippen LogP contribution in [-0.2, 0) is 0 Å². The van der Waals surface area contributed by atoms with Gasteiger partial charge in [-0.15, -0.1) is 45.3 Å². The van der Waals surface area contributed by atoms with E-state index in [0.29, 0.717) is 11.8 Å². The topological polar surface area (TPSA) is 77.8 Å². The lowest BCUT2D eigenvalue weighted by atomic mass is 10.1. The first-order valence-electron chi connectivity index (χ1n) is 13.8. The maximum absolute atomic E-state index is 5.98. The van der Waals surface area contributed by atoms with Crippen LogP contribution >= 0.6 is 45.3 Å². The van der Waals surface area contributed by atoms with Crippen LogP contribution < -0.4 is 0 Å². The lowest BCUT2D eigenvalue weighted by Gasteiger charge is -1.97. The van der Waals surface area contributed by atoms with Crippen LogP contribution in [0.2, 0.25) is 0 Å². The Morgan fingerprint density at radius 2 is 0.864 bits per heavy atom. The molecule has 0 radical (unpaired) electrons. The molecule has 4 aromatic carbocycles. The Labute approximate surface area is 264 Å². The molecule has 10 heteroatoms. The molecule has 0 aliphatic heterocycles. The molecule has 6 heterocycles. The minimum atomic E-state index is 0.645. The summed E-state index contributed by atoms with van der Waals surface area (Å²) in [6, 6.07) is 32.9. The Morgan fingerprint density at radius 1 is 0.409 bits per heavy atom. The molecule has 44 heavy (non-hydrogen) atoms. The second-order valence-electron chi connectivity index (χ2n) is 10.3. The van der Waals surface area contributed by atoms with Gasteiger partial charge in [0, 0.05) is 0 Å². The smallest absolute Gasteiger partial charge is 0.237 e. The van der Waals surface area contributed by atoms with Crippen molar-refractivity contribution in [2.24, 2.45) is 0 Å². The average Bonchev–Trinajstić information content (AvgIpc) is 3.88. The molecule has 0 bridgehead atoms. The third kappa shape index (κ3) is 3.96. The lowest BCUT2D eigenvalue weighted by molar-refractivity contribution is 0.621. The average molecular weight is 641 g/mol. The van der Waals surface area contributed by atoms with Gasteiger partial charge in [0.15, 0.2) is 11.2 Å². The second-order valence-corrected chi connectivity index (χ2v) is 14.6. The highest BCUT2D eigenvalue weighted by atomic mass is 32.1. The number of nitrogens with zero attached hydrogens (tertiary/aromatic N) is 4. The zero-order chi connectivity index (χ0) is 28.8. The zero-order valence-electron chi connectivity index (χ0n) is 22.5. The summed E-state index contributed by atoms with van der Waals surface area (Å²) < 4.78 is 14.3. The van der Waals surface area contributed by atoms with Gasteiger partial charge in [-0.25, -0.2) is 19.9 Å². The molecular weight excluding hydrogens is 625 g/mol. The van der Waals surface area contributed by atoms with Crippen molar-refractivity contribution in [1.82, 2.24) is 19.9 Å². The van der Waals surface area contributed by atoms with Crippen LogP contribution in [0.3, 0.4) is 0 Å². The van der Waals surface area contributed by atoms with E-state index in [-0.39, 0.29) is 0 Å². The van der Waals surface area contributed by atoms with Crippen LogP contribution in [0.25, 0.3) is 94.7 Å². The van der Waals surface area contributed by atoms with Gasteiger partial charge in [-0.2, -0.15) is 0 Å². The number of benzene rings is 4. The summed E-state index contributed by atoms with van der Waals surface area (Å²) in [6.07, 6.45) is 0. The Kier molecular flexibility index (Phi) is 5.26. The summed E-state index contributed by atoms with van der Waals surface area (Å²) in [4.78, 5) is 23.5. The van der Waals surface area contributed by atoms with Crippen molar-refractivity contribution in [3.63, 3.8) is 0 Å². The van der Waals surface area contributed by atoms with Crippen LogP contribution in [0.4, 0.5) is 0 Å². The van der Waals surface area contributed by atoms with Gasteiger partial charge in [0.2, 0.25) is 11.8 Å². The molecule has 0 amide bonds. The largest absolute Gasteiger partial charge is 0.435 e. The molecule has 0 saturated carbocycles. The molecule has 10 rings (SSSR count). The van der Waals surface area contributed by atoms with Gasteiger partial charge in [-0.05, 0) is 83.6 Å². The normalized spacial score (nSPS) is 12.1. The van der Waals surface area contributed by atoms with Gasteiger partial charge in [-0.3, -0.25) is 0 Å². The minimum Gasteiger partial charge on any atom is -0.435 e. The third-order valence-electron chi connectivity index (χ3n) is 7.50. The molecule has 10 aromatic rings. The molecule has 208 valence electrons. The van der Waals surface area contributed by atoms with Crippen molar-refractivity contribution >= 4 is 98.8 Å². The number of thiazole rings is 2. The molecule has 0 unspecified atom stereocenters. The van der Waals surface area contributed by atoms with E-state index in [1.54, 1.807) is 45.3 Å². The van der Waals surface area contributed by atoms with Crippen LogP contribution in [0.15, 0.2) is 106 Å². The van der Waals surface area contributed by atoms with Gasteiger partial charge < -0.3 is 8.83 Å². The fourth-order valence-corrected chi connectivity index (χ4v) is 9.36. The Balaban J connectivity index is 0.980. The molecule has 0 N–H and O–H groups in total. The predicted molar refractivity (Wildman–Crippen MR) is 183 cm³/mol. The van der Waals surface area contributed by atoms with Crippen molar-refractivity contribution in [3.8, 4) is 41.3 Å². The Bertz CT molecular complexity index is 2390. The molecule has 0 saturated heterocycles. The van der Waals surface area contributed by atoms with E-state index < -0.39 is 0 Å². The maximum Gasteiger partial charge on any atom is 0.237 e. The van der Waals surface area contributed by atoms with Gasteiger partial charge >= 0.3 is 0 Å². The molecule has 0 fully saturated rings. The number of oxazole rings is 2. The van der Waals surface area contributed by atoms with E-state index in [1.165, 1.54) is 0 Å². The number of rotatable bonds is 4. The molecule has 6 nitrogen and oxygen atoms in total. The van der Waals surface area contributed by atoms with Gasteiger partial charge in [0.25, 0.3) is 0 Å². The fourth-order valence-electron chi connectivity index (χ4n) is 5.40. The molecule has 0 aliphatic rings. The van der Waals surface area contributed by atoms with Crippen molar-refractivity contribution < 1.29 is 8.83 Å². The van der Waals surface area contributed by atoms with Crippen molar-refractivity contribution in [2.45, 2.75) is 0 Å². The van der Waals surface area contributed by atoms with Crippen molar-refractivity contribution in [2.75, 3.05) is 0 Å². The summed E-state index contributed by atoms with van der Waals surface area (Å²) in [5.74, 6) is 1.29. The van der Waals surface area contributed by atoms with E-state index in [1.807, 2.05) is 48.5 Å². The number of hydrogen-bond acceptors (Lipinski definition) is 10. The molecule has 0 spiro atoms. The third-order valence-corrected chi connectivity index (χ3v) is 12.0. The summed E-state index contributed by atoms with van der Waals surface area (Å²) in [6.45, 7) is 0.